The highest BCUT2D eigenvalue weighted by Crippen LogP contribution is 2.34. The summed E-state index contributed by atoms with van der Waals surface area (Å²) < 4.78 is 18.8. The second kappa shape index (κ2) is 9.65. The van der Waals surface area contributed by atoms with Crippen LogP contribution in [-0.4, -0.2) is 25.4 Å². The molecule has 0 radical (unpaired) electrons. The molecule has 29 heavy (non-hydrogen) atoms. The van der Waals surface area contributed by atoms with Gasteiger partial charge in [0.25, 0.3) is 0 Å². The molecule has 0 saturated heterocycles. The molecule has 6 heteroatoms. The quantitative estimate of drug-likeness (QED) is 0.489. The topological polar surface area (TPSA) is 45.0 Å². The summed E-state index contributed by atoms with van der Waals surface area (Å²) >= 11 is 1.62. The van der Waals surface area contributed by atoms with E-state index in [9.17, 15) is 0 Å². The number of methoxy groups -OCH3 is 2. The van der Waals surface area contributed by atoms with Gasteiger partial charge in [0, 0.05) is 17.5 Å². The van der Waals surface area contributed by atoms with Crippen molar-refractivity contribution in [3.63, 3.8) is 0 Å². The van der Waals surface area contributed by atoms with Crippen molar-refractivity contribution < 1.29 is 14.2 Å². The van der Waals surface area contributed by atoms with Gasteiger partial charge in [-0.2, -0.15) is 0 Å². The predicted octanol–water partition coefficient (Wildman–Crippen LogP) is 5.52. The van der Waals surface area contributed by atoms with Gasteiger partial charge in [-0.15, -0.1) is 11.3 Å². The van der Waals surface area contributed by atoms with E-state index in [1.807, 2.05) is 49.4 Å². The first-order valence-electron chi connectivity index (χ1n) is 9.74. The van der Waals surface area contributed by atoms with Crippen molar-refractivity contribution in [3.05, 3.63) is 52.6 Å². The zero-order valence-electron chi connectivity index (χ0n) is 17.6. The smallest absolute Gasteiger partial charge is 0.190 e. The molecule has 0 aliphatic rings. The molecule has 154 valence electrons. The Morgan fingerprint density at radius 3 is 2.34 bits per heavy atom. The fourth-order valence-electron chi connectivity index (χ4n) is 3.08. The van der Waals surface area contributed by atoms with Gasteiger partial charge in [-0.05, 0) is 55.3 Å². The summed E-state index contributed by atoms with van der Waals surface area (Å²) in [6.45, 7) is 7.90. The first kappa shape index (κ1) is 21.0. The Morgan fingerprint density at radius 1 is 1.00 bits per heavy atom. The minimum absolute atomic E-state index is 0.472. The molecule has 0 spiro atoms. The number of rotatable bonds is 8. The molecular formula is C23H28N2O3S. The van der Waals surface area contributed by atoms with E-state index in [4.69, 9.17) is 19.2 Å². The number of hydrogen-bond acceptors (Lipinski definition) is 5. The third kappa shape index (κ3) is 5.01. The molecule has 0 N–H and O–H groups in total. The van der Waals surface area contributed by atoms with Gasteiger partial charge in [0.15, 0.2) is 4.80 Å². The molecule has 0 amide bonds. The van der Waals surface area contributed by atoms with Crippen molar-refractivity contribution in [2.45, 2.75) is 27.3 Å². The van der Waals surface area contributed by atoms with Gasteiger partial charge >= 0.3 is 0 Å². The lowest BCUT2D eigenvalue weighted by molar-refractivity contribution is 0.340. The molecule has 0 aliphatic carbocycles. The minimum atomic E-state index is 0.472. The van der Waals surface area contributed by atoms with E-state index in [0.29, 0.717) is 12.5 Å². The molecule has 5 nitrogen and oxygen atoms in total. The number of thiazole rings is 1. The van der Waals surface area contributed by atoms with Gasteiger partial charge in [0.1, 0.15) is 17.2 Å². The van der Waals surface area contributed by atoms with E-state index in [-0.39, 0.29) is 0 Å². The second-order valence-electron chi connectivity index (χ2n) is 7.01. The molecule has 0 bridgehead atoms. The standard InChI is InChI=1S/C23H28N2O3S/c1-6-28-18-9-7-17(8-10-18)24-23-25(14-16(2)3)21(15-29-23)20-13-19(26-4)11-12-22(20)27-5/h7-13,15-16H,6,14H2,1-5H3. The summed E-state index contributed by atoms with van der Waals surface area (Å²) in [6, 6.07) is 13.7. The van der Waals surface area contributed by atoms with Crippen LogP contribution >= 0.6 is 11.3 Å². The minimum Gasteiger partial charge on any atom is -0.497 e. The van der Waals surface area contributed by atoms with Crippen molar-refractivity contribution in [3.8, 4) is 28.5 Å². The first-order chi connectivity index (χ1) is 14.0. The van der Waals surface area contributed by atoms with Crippen LogP contribution in [0.15, 0.2) is 52.8 Å². The normalized spacial score (nSPS) is 11.7. The zero-order chi connectivity index (χ0) is 20.8. The lowest BCUT2D eigenvalue weighted by Gasteiger charge is -2.15. The molecule has 1 aromatic heterocycles. The number of benzene rings is 2. The van der Waals surface area contributed by atoms with Crippen molar-refractivity contribution in [1.29, 1.82) is 0 Å². The van der Waals surface area contributed by atoms with Gasteiger partial charge in [0.05, 0.1) is 32.2 Å². The van der Waals surface area contributed by atoms with Crippen molar-refractivity contribution in [2.75, 3.05) is 20.8 Å². The number of aromatic nitrogens is 1. The van der Waals surface area contributed by atoms with Crippen LogP contribution in [0.5, 0.6) is 17.2 Å². The van der Waals surface area contributed by atoms with E-state index in [1.54, 1.807) is 25.6 Å². The Balaban J connectivity index is 2.10. The fourth-order valence-corrected chi connectivity index (χ4v) is 4.01. The molecule has 0 fully saturated rings. The maximum Gasteiger partial charge on any atom is 0.190 e. The summed E-state index contributed by atoms with van der Waals surface area (Å²) in [4.78, 5) is 5.84. The Hall–Kier alpha value is -2.73. The van der Waals surface area contributed by atoms with Crippen molar-refractivity contribution >= 4 is 17.0 Å². The lowest BCUT2D eigenvalue weighted by Crippen LogP contribution is -2.19. The van der Waals surface area contributed by atoms with Crippen molar-refractivity contribution in [2.24, 2.45) is 10.9 Å². The van der Waals surface area contributed by atoms with E-state index >= 15 is 0 Å². The molecule has 3 rings (SSSR count). The predicted molar refractivity (Wildman–Crippen MR) is 119 cm³/mol. The molecular weight excluding hydrogens is 384 g/mol. The van der Waals surface area contributed by atoms with Crippen LogP contribution in [0.4, 0.5) is 5.69 Å². The average molecular weight is 413 g/mol. The van der Waals surface area contributed by atoms with E-state index < -0.39 is 0 Å². The summed E-state index contributed by atoms with van der Waals surface area (Å²) in [6.07, 6.45) is 0. The van der Waals surface area contributed by atoms with Crippen LogP contribution < -0.4 is 19.0 Å². The zero-order valence-corrected chi connectivity index (χ0v) is 18.5. The Morgan fingerprint density at radius 2 is 1.72 bits per heavy atom. The van der Waals surface area contributed by atoms with E-state index in [2.05, 4.69) is 23.8 Å². The number of hydrogen-bond donors (Lipinski definition) is 0. The van der Waals surface area contributed by atoms with E-state index in [0.717, 1.165) is 45.5 Å². The summed E-state index contributed by atoms with van der Waals surface area (Å²) in [5.41, 5.74) is 2.97. The summed E-state index contributed by atoms with van der Waals surface area (Å²) in [5, 5.41) is 2.13. The van der Waals surface area contributed by atoms with Gasteiger partial charge in [-0.1, -0.05) is 13.8 Å². The molecule has 0 unspecified atom stereocenters. The Kier molecular flexibility index (Phi) is 6.99. The maximum atomic E-state index is 5.61. The average Bonchev–Trinajstić information content (AvgIpc) is 3.10. The third-order valence-electron chi connectivity index (χ3n) is 4.40. The molecule has 0 aliphatic heterocycles. The highest BCUT2D eigenvalue weighted by Gasteiger charge is 2.15. The number of nitrogens with zero attached hydrogens (tertiary/aromatic N) is 2. The van der Waals surface area contributed by atoms with Crippen LogP contribution in [0.3, 0.4) is 0 Å². The molecule has 0 atom stereocenters. The van der Waals surface area contributed by atoms with Gasteiger partial charge in [-0.3, -0.25) is 0 Å². The third-order valence-corrected chi connectivity index (χ3v) is 5.26. The lowest BCUT2D eigenvalue weighted by atomic mass is 10.1. The second-order valence-corrected chi connectivity index (χ2v) is 7.85. The molecule has 2 aromatic carbocycles. The summed E-state index contributed by atoms with van der Waals surface area (Å²) in [7, 11) is 3.36. The number of ether oxygens (including phenoxy) is 3. The Bertz CT molecular complexity index is 1000. The van der Waals surface area contributed by atoms with Crippen LogP contribution in [0.25, 0.3) is 11.3 Å². The summed E-state index contributed by atoms with van der Waals surface area (Å²) in [5.74, 6) is 2.94. The Labute approximate surface area is 176 Å². The molecule has 0 saturated carbocycles. The SMILES string of the molecule is CCOc1ccc(N=c2scc(-c3cc(OC)ccc3OC)n2CC(C)C)cc1. The fraction of sp³-hybridized carbons (Fsp3) is 0.348. The highest BCUT2D eigenvalue weighted by molar-refractivity contribution is 7.07. The van der Waals surface area contributed by atoms with Crippen LogP contribution in [-0.2, 0) is 6.54 Å². The van der Waals surface area contributed by atoms with Crippen LogP contribution in [0.2, 0.25) is 0 Å². The van der Waals surface area contributed by atoms with Gasteiger partial charge < -0.3 is 18.8 Å². The van der Waals surface area contributed by atoms with Crippen molar-refractivity contribution in [1.82, 2.24) is 4.57 Å². The molecule has 1 heterocycles. The van der Waals surface area contributed by atoms with Crippen LogP contribution in [0.1, 0.15) is 20.8 Å². The maximum absolute atomic E-state index is 5.61. The van der Waals surface area contributed by atoms with Gasteiger partial charge in [0.2, 0.25) is 0 Å². The first-order valence-corrected chi connectivity index (χ1v) is 10.6. The van der Waals surface area contributed by atoms with E-state index in [1.165, 1.54) is 0 Å². The largest absolute Gasteiger partial charge is 0.497 e. The van der Waals surface area contributed by atoms with Gasteiger partial charge in [-0.25, -0.2) is 4.99 Å². The monoisotopic (exact) mass is 412 g/mol. The van der Waals surface area contributed by atoms with Crippen LogP contribution in [0, 0.1) is 5.92 Å². The highest BCUT2D eigenvalue weighted by atomic mass is 32.1. The molecule has 3 aromatic rings.